The van der Waals surface area contributed by atoms with Gasteiger partial charge in [-0.25, -0.2) is 13.1 Å². The molecule has 1 atom stereocenters. The van der Waals surface area contributed by atoms with E-state index in [1.165, 1.54) is 6.07 Å². The van der Waals surface area contributed by atoms with E-state index in [9.17, 15) is 8.42 Å². The number of thiophene rings is 1. The fraction of sp³-hybridized carbons (Fsp3) is 0.364. The van der Waals surface area contributed by atoms with E-state index in [-0.39, 0.29) is 16.9 Å². The lowest BCUT2D eigenvalue weighted by Gasteiger charge is -2.13. The van der Waals surface area contributed by atoms with Crippen LogP contribution in [-0.4, -0.2) is 29.3 Å². The lowest BCUT2D eigenvalue weighted by atomic mass is 10.4. The molecule has 19 heavy (non-hydrogen) atoms. The van der Waals surface area contributed by atoms with Crippen LogP contribution in [0.15, 0.2) is 34.1 Å². The predicted molar refractivity (Wildman–Crippen MR) is 72.3 cm³/mol. The fourth-order valence-corrected chi connectivity index (χ4v) is 4.08. The third kappa shape index (κ3) is 3.63. The molecule has 0 spiro atoms. The molecule has 0 bridgehead atoms. The standard InChI is InChI=1S/C11H15N3O3S2/c1-9(6-14-4-2-3-12-14)13-19(16,17)11-5-10(7-15)8-18-11/h2-5,8-9,13,15H,6-7H2,1H3. The second-order valence-corrected chi connectivity index (χ2v) is 7.03. The van der Waals surface area contributed by atoms with E-state index in [1.54, 1.807) is 35.4 Å². The van der Waals surface area contributed by atoms with Gasteiger partial charge in [-0.1, -0.05) is 0 Å². The van der Waals surface area contributed by atoms with Crippen LogP contribution in [0.5, 0.6) is 0 Å². The third-order valence-electron chi connectivity index (χ3n) is 2.45. The van der Waals surface area contributed by atoms with Gasteiger partial charge in [-0.2, -0.15) is 5.10 Å². The van der Waals surface area contributed by atoms with Crippen molar-refractivity contribution in [1.82, 2.24) is 14.5 Å². The first-order chi connectivity index (χ1) is 9.01. The van der Waals surface area contributed by atoms with Gasteiger partial charge in [0.2, 0.25) is 10.0 Å². The summed E-state index contributed by atoms with van der Waals surface area (Å²) in [4.78, 5) is 0. The van der Waals surface area contributed by atoms with Gasteiger partial charge in [0.15, 0.2) is 0 Å². The lowest BCUT2D eigenvalue weighted by molar-refractivity contribution is 0.282. The molecule has 2 rings (SSSR count). The Morgan fingerprint density at radius 3 is 2.95 bits per heavy atom. The Labute approximate surface area is 115 Å². The first-order valence-electron chi connectivity index (χ1n) is 5.69. The number of hydrogen-bond donors (Lipinski definition) is 2. The van der Waals surface area contributed by atoms with Crippen LogP contribution in [0.4, 0.5) is 0 Å². The number of rotatable bonds is 6. The second kappa shape index (κ2) is 5.83. The highest BCUT2D eigenvalue weighted by Crippen LogP contribution is 2.20. The average Bonchev–Trinajstić information content (AvgIpc) is 2.97. The molecule has 0 radical (unpaired) electrons. The Kier molecular flexibility index (Phi) is 4.35. The normalized spacial score (nSPS) is 13.6. The molecule has 0 fully saturated rings. The topological polar surface area (TPSA) is 84.2 Å². The van der Waals surface area contributed by atoms with Crippen molar-refractivity contribution in [3.8, 4) is 0 Å². The van der Waals surface area contributed by atoms with Crippen molar-refractivity contribution >= 4 is 21.4 Å². The van der Waals surface area contributed by atoms with Crippen molar-refractivity contribution < 1.29 is 13.5 Å². The van der Waals surface area contributed by atoms with Crippen LogP contribution in [0.25, 0.3) is 0 Å². The molecule has 2 N–H and O–H groups in total. The van der Waals surface area contributed by atoms with Crippen LogP contribution in [0.1, 0.15) is 12.5 Å². The van der Waals surface area contributed by atoms with Gasteiger partial charge in [0.1, 0.15) is 4.21 Å². The summed E-state index contributed by atoms with van der Waals surface area (Å²) in [5, 5.41) is 14.6. The molecular weight excluding hydrogens is 286 g/mol. The number of aromatic nitrogens is 2. The first-order valence-corrected chi connectivity index (χ1v) is 8.05. The Hall–Kier alpha value is -1.22. The van der Waals surface area contributed by atoms with Crippen LogP contribution in [0.3, 0.4) is 0 Å². The minimum Gasteiger partial charge on any atom is -0.392 e. The van der Waals surface area contributed by atoms with Crippen LogP contribution in [-0.2, 0) is 23.2 Å². The van der Waals surface area contributed by atoms with Crippen molar-refractivity contribution in [1.29, 1.82) is 0 Å². The molecule has 2 aromatic heterocycles. The van der Waals surface area contributed by atoms with Gasteiger partial charge in [0.05, 0.1) is 13.2 Å². The fourth-order valence-electron chi connectivity index (χ4n) is 1.63. The molecule has 104 valence electrons. The monoisotopic (exact) mass is 301 g/mol. The van der Waals surface area contributed by atoms with Crippen molar-refractivity contribution in [2.45, 2.75) is 30.3 Å². The van der Waals surface area contributed by atoms with E-state index >= 15 is 0 Å². The highest BCUT2D eigenvalue weighted by atomic mass is 32.2. The molecule has 0 saturated heterocycles. The molecule has 6 nitrogen and oxygen atoms in total. The molecule has 0 amide bonds. The summed E-state index contributed by atoms with van der Waals surface area (Å²) in [5.41, 5.74) is 0.602. The number of nitrogens with one attached hydrogen (secondary N) is 1. The van der Waals surface area contributed by atoms with Gasteiger partial charge < -0.3 is 5.11 Å². The van der Waals surface area contributed by atoms with Gasteiger partial charge in [0, 0.05) is 18.4 Å². The third-order valence-corrected chi connectivity index (χ3v) is 5.53. The summed E-state index contributed by atoms with van der Waals surface area (Å²) >= 11 is 1.10. The average molecular weight is 301 g/mol. The maximum Gasteiger partial charge on any atom is 0.250 e. The SMILES string of the molecule is CC(Cn1cccn1)NS(=O)(=O)c1cc(CO)cs1. The molecule has 1 unspecified atom stereocenters. The first kappa shape index (κ1) is 14.2. The van der Waals surface area contributed by atoms with Crippen LogP contribution < -0.4 is 4.72 Å². The zero-order chi connectivity index (χ0) is 13.9. The Morgan fingerprint density at radius 2 is 2.37 bits per heavy atom. The largest absolute Gasteiger partial charge is 0.392 e. The Bertz CT molecular complexity index is 619. The minimum absolute atomic E-state index is 0.158. The van der Waals surface area contributed by atoms with Gasteiger partial charge >= 0.3 is 0 Å². The molecule has 2 aromatic rings. The molecule has 0 aliphatic rings. The second-order valence-electron chi connectivity index (χ2n) is 4.18. The highest BCUT2D eigenvalue weighted by molar-refractivity contribution is 7.91. The number of nitrogens with zero attached hydrogens (tertiary/aromatic N) is 2. The summed E-state index contributed by atoms with van der Waals surface area (Å²) < 4.78 is 28.6. The Morgan fingerprint density at radius 1 is 1.58 bits per heavy atom. The van der Waals surface area contributed by atoms with E-state index in [0.29, 0.717) is 12.1 Å². The van der Waals surface area contributed by atoms with E-state index in [4.69, 9.17) is 5.11 Å². The smallest absolute Gasteiger partial charge is 0.250 e. The summed E-state index contributed by atoms with van der Waals surface area (Å²) in [6.45, 7) is 2.08. The van der Waals surface area contributed by atoms with Gasteiger partial charge in [-0.15, -0.1) is 11.3 Å². The maximum atomic E-state index is 12.1. The number of sulfonamides is 1. The Balaban J connectivity index is 2.04. The lowest BCUT2D eigenvalue weighted by Crippen LogP contribution is -2.35. The van der Waals surface area contributed by atoms with Crippen molar-refractivity contribution in [3.63, 3.8) is 0 Å². The molecule has 2 heterocycles. The summed E-state index contributed by atoms with van der Waals surface area (Å²) in [7, 11) is -3.54. The van der Waals surface area contributed by atoms with Crippen molar-refractivity contribution in [2.75, 3.05) is 0 Å². The van der Waals surface area contributed by atoms with Crippen molar-refractivity contribution in [2.24, 2.45) is 0 Å². The van der Waals surface area contributed by atoms with Gasteiger partial charge in [-0.3, -0.25) is 4.68 Å². The molecule has 0 saturated carbocycles. The quantitative estimate of drug-likeness (QED) is 0.827. The van der Waals surface area contributed by atoms with Crippen LogP contribution >= 0.6 is 11.3 Å². The predicted octanol–water partition coefficient (Wildman–Crippen LogP) is 0.804. The molecule has 0 aliphatic carbocycles. The van der Waals surface area contributed by atoms with E-state index in [2.05, 4.69) is 9.82 Å². The number of aliphatic hydroxyl groups excluding tert-OH is 1. The molecule has 0 aromatic carbocycles. The van der Waals surface area contributed by atoms with E-state index < -0.39 is 10.0 Å². The minimum atomic E-state index is -3.54. The summed E-state index contributed by atoms with van der Waals surface area (Å²) in [5.74, 6) is 0. The van der Waals surface area contributed by atoms with Crippen LogP contribution in [0.2, 0.25) is 0 Å². The van der Waals surface area contributed by atoms with Gasteiger partial charge in [0.25, 0.3) is 0 Å². The molecular formula is C11H15N3O3S2. The van der Waals surface area contributed by atoms with Crippen molar-refractivity contribution in [3.05, 3.63) is 35.5 Å². The van der Waals surface area contributed by atoms with Crippen LogP contribution in [0, 0.1) is 0 Å². The number of hydrogen-bond acceptors (Lipinski definition) is 5. The summed E-state index contributed by atoms with van der Waals surface area (Å²) in [6, 6.07) is 2.99. The molecule has 8 heteroatoms. The zero-order valence-electron chi connectivity index (χ0n) is 10.4. The summed E-state index contributed by atoms with van der Waals surface area (Å²) in [6.07, 6.45) is 3.42. The number of aliphatic hydroxyl groups is 1. The van der Waals surface area contributed by atoms with Gasteiger partial charge in [-0.05, 0) is 30.0 Å². The highest BCUT2D eigenvalue weighted by Gasteiger charge is 2.19. The molecule has 0 aliphatic heterocycles. The van der Waals surface area contributed by atoms with E-state index in [0.717, 1.165) is 11.3 Å². The zero-order valence-corrected chi connectivity index (χ0v) is 12.0. The maximum absolute atomic E-state index is 12.1. The van der Waals surface area contributed by atoms with E-state index in [1.807, 2.05) is 0 Å².